The van der Waals surface area contributed by atoms with Crippen LogP contribution in [-0.2, 0) is 0 Å². The lowest BCUT2D eigenvalue weighted by Gasteiger charge is -2.27. The molecule has 10 aromatic rings. The van der Waals surface area contributed by atoms with Crippen LogP contribution in [-0.4, -0.2) is 0 Å². The molecule has 0 aliphatic heterocycles. The zero-order valence-electron chi connectivity index (χ0n) is 26.5. The van der Waals surface area contributed by atoms with Crippen molar-refractivity contribution in [3.8, 4) is 22.3 Å². The predicted octanol–water partition coefficient (Wildman–Crippen LogP) is 13.9. The van der Waals surface area contributed by atoms with Crippen LogP contribution < -0.4 is 4.90 Å². The third-order valence-corrected chi connectivity index (χ3v) is 10.9. The molecule has 0 radical (unpaired) electrons. The van der Waals surface area contributed by atoms with Crippen LogP contribution in [0.2, 0.25) is 0 Å². The number of fused-ring (bicyclic) bond motifs is 7. The van der Waals surface area contributed by atoms with Crippen LogP contribution >= 0.6 is 11.3 Å². The van der Waals surface area contributed by atoms with E-state index < -0.39 is 0 Å². The Hall–Kier alpha value is -6.16. The van der Waals surface area contributed by atoms with Crippen LogP contribution in [0.3, 0.4) is 0 Å². The molecule has 0 N–H and O–H groups in total. The van der Waals surface area contributed by atoms with Crippen LogP contribution in [0.1, 0.15) is 0 Å². The Morgan fingerprint density at radius 1 is 0.429 bits per heavy atom. The maximum absolute atomic E-state index is 6.41. The second-order valence-corrected chi connectivity index (χ2v) is 13.5. The van der Waals surface area contributed by atoms with Gasteiger partial charge < -0.3 is 9.32 Å². The highest BCUT2D eigenvalue weighted by Gasteiger charge is 2.20. The molecule has 2 heterocycles. The molecule has 0 amide bonds. The van der Waals surface area contributed by atoms with E-state index in [2.05, 4.69) is 169 Å². The molecule has 3 heteroatoms. The molecule has 0 saturated heterocycles. The summed E-state index contributed by atoms with van der Waals surface area (Å²) in [4.78, 5) is 2.41. The molecule has 10 rings (SSSR count). The van der Waals surface area contributed by atoms with Crippen molar-refractivity contribution in [3.05, 3.63) is 176 Å². The van der Waals surface area contributed by atoms with Crippen molar-refractivity contribution in [2.24, 2.45) is 0 Å². The molecule has 49 heavy (non-hydrogen) atoms. The van der Waals surface area contributed by atoms with Gasteiger partial charge >= 0.3 is 0 Å². The summed E-state index contributed by atoms with van der Waals surface area (Å²) in [7, 11) is 0. The van der Waals surface area contributed by atoms with Crippen molar-refractivity contribution in [2.75, 3.05) is 4.90 Å². The van der Waals surface area contributed by atoms with E-state index in [4.69, 9.17) is 4.42 Å². The van der Waals surface area contributed by atoms with Gasteiger partial charge in [-0.1, -0.05) is 133 Å². The number of para-hydroxylation sites is 2. The van der Waals surface area contributed by atoms with Crippen molar-refractivity contribution < 1.29 is 4.42 Å². The summed E-state index contributed by atoms with van der Waals surface area (Å²) in [6, 6.07) is 63.2. The third-order valence-electron chi connectivity index (χ3n) is 9.67. The minimum atomic E-state index is 0.912. The number of benzene rings is 8. The van der Waals surface area contributed by atoms with Gasteiger partial charge in [-0.25, -0.2) is 0 Å². The zero-order chi connectivity index (χ0) is 32.3. The molecule has 0 spiro atoms. The quantitative estimate of drug-likeness (QED) is 0.186. The lowest BCUT2D eigenvalue weighted by Crippen LogP contribution is -2.10. The van der Waals surface area contributed by atoms with Crippen LogP contribution in [0.15, 0.2) is 180 Å². The molecular formula is C46H29NOS. The fraction of sp³-hybridized carbons (Fsp3) is 0. The van der Waals surface area contributed by atoms with Gasteiger partial charge in [0.1, 0.15) is 11.2 Å². The maximum atomic E-state index is 6.41. The Kier molecular flexibility index (Phi) is 6.39. The second kappa shape index (κ2) is 11.2. The first-order chi connectivity index (χ1) is 24.3. The molecule has 0 bridgehead atoms. The number of rotatable bonds is 5. The lowest BCUT2D eigenvalue weighted by molar-refractivity contribution is 0.670. The number of nitrogens with zero attached hydrogens (tertiary/aromatic N) is 1. The van der Waals surface area contributed by atoms with Crippen molar-refractivity contribution >= 4 is 81.3 Å². The first-order valence-electron chi connectivity index (χ1n) is 16.6. The topological polar surface area (TPSA) is 16.4 Å². The van der Waals surface area contributed by atoms with E-state index in [0.29, 0.717) is 0 Å². The molecule has 0 aliphatic carbocycles. The van der Waals surface area contributed by atoms with Gasteiger partial charge in [-0.15, -0.1) is 11.3 Å². The summed E-state index contributed by atoms with van der Waals surface area (Å²) in [5.74, 6) is 0. The highest BCUT2D eigenvalue weighted by atomic mass is 32.1. The van der Waals surface area contributed by atoms with E-state index in [9.17, 15) is 0 Å². The minimum absolute atomic E-state index is 0.912. The van der Waals surface area contributed by atoms with Gasteiger partial charge in [-0.2, -0.15) is 0 Å². The monoisotopic (exact) mass is 643 g/mol. The highest BCUT2D eigenvalue weighted by Crippen LogP contribution is 2.46. The summed E-state index contributed by atoms with van der Waals surface area (Å²) in [6.45, 7) is 0. The third kappa shape index (κ3) is 4.55. The molecule has 0 fully saturated rings. The summed E-state index contributed by atoms with van der Waals surface area (Å²) >= 11 is 1.86. The van der Waals surface area contributed by atoms with Gasteiger partial charge in [0.15, 0.2) is 0 Å². The molecule has 230 valence electrons. The largest absolute Gasteiger partial charge is 0.455 e. The average molecular weight is 644 g/mol. The molecular weight excluding hydrogens is 615 g/mol. The van der Waals surface area contributed by atoms with Gasteiger partial charge in [0.05, 0.1) is 10.4 Å². The SMILES string of the molecule is c1cc(-c2cccc3ccccc23)cc(N(c2ccc(-c3cccc4c3oc3ccccc34)cc2)c2cccc3c2sc2ccccc23)c1. The first-order valence-corrected chi connectivity index (χ1v) is 17.4. The molecule has 0 aliphatic rings. The van der Waals surface area contributed by atoms with Crippen molar-refractivity contribution in [3.63, 3.8) is 0 Å². The summed E-state index contributed by atoms with van der Waals surface area (Å²) in [5, 5.41) is 7.35. The summed E-state index contributed by atoms with van der Waals surface area (Å²) < 4.78 is 8.98. The van der Waals surface area contributed by atoms with Crippen molar-refractivity contribution in [1.29, 1.82) is 0 Å². The Morgan fingerprint density at radius 2 is 1.10 bits per heavy atom. The number of furan rings is 1. The van der Waals surface area contributed by atoms with Gasteiger partial charge in [0.25, 0.3) is 0 Å². The predicted molar refractivity (Wildman–Crippen MR) is 210 cm³/mol. The smallest absolute Gasteiger partial charge is 0.143 e. The van der Waals surface area contributed by atoms with Crippen molar-refractivity contribution in [2.45, 2.75) is 0 Å². The maximum Gasteiger partial charge on any atom is 0.143 e. The van der Waals surface area contributed by atoms with Gasteiger partial charge in [-0.05, 0) is 69.9 Å². The number of hydrogen-bond donors (Lipinski definition) is 0. The number of thiophene rings is 1. The normalized spacial score (nSPS) is 11.7. The molecule has 0 saturated carbocycles. The second-order valence-electron chi connectivity index (χ2n) is 12.5. The Bertz CT molecular complexity index is 2840. The van der Waals surface area contributed by atoms with Crippen LogP contribution in [0.4, 0.5) is 17.1 Å². The van der Waals surface area contributed by atoms with E-state index in [1.807, 2.05) is 23.5 Å². The van der Waals surface area contributed by atoms with Crippen molar-refractivity contribution in [1.82, 2.24) is 0 Å². The molecule has 0 unspecified atom stereocenters. The Morgan fingerprint density at radius 3 is 2.02 bits per heavy atom. The molecule has 2 aromatic heterocycles. The fourth-order valence-electron chi connectivity index (χ4n) is 7.39. The first kappa shape index (κ1) is 27.9. The van der Waals surface area contributed by atoms with Gasteiger partial charge in [-0.3, -0.25) is 0 Å². The summed E-state index contributed by atoms with van der Waals surface area (Å²) in [5.41, 5.74) is 9.85. The zero-order valence-corrected chi connectivity index (χ0v) is 27.3. The number of hydrogen-bond acceptors (Lipinski definition) is 3. The standard InChI is InChI=1S/C46H29NOS/c1-2-15-35-30(11-1)12-8-18-36(35)32-13-7-14-34(29-32)47(42-22-10-21-41-39-17-4-6-24-44(39)49-46(41)42)33-27-25-31(26-28-33)37-19-9-20-40-38-16-3-5-23-43(38)48-45(37)40/h1-29H. The number of anilines is 3. The average Bonchev–Trinajstić information content (AvgIpc) is 3.74. The van der Waals surface area contributed by atoms with Gasteiger partial charge in [0.2, 0.25) is 0 Å². The fourth-order valence-corrected chi connectivity index (χ4v) is 8.60. The molecule has 8 aromatic carbocycles. The minimum Gasteiger partial charge on any atom is -0.455 e. The van der Waals surface area contributed by atoms with E-state index in [-0.39, 0.29) is 0 Å². The van der Waals surface area contributed by atoms with E-state index in [0.717, 1.165) is 44.4 Å². The van der Waals surface area contributed by atoms with Crippen LogP contribution in [0.25, 0.3) is 75.1 Å². The van der Waals surface area contributed by atoms with E-state index in [1.54, 1.807) is 0 Å². The van der Waals surface area contributed by atoms with Crippen LogP contribution in [0, 0.1) is 0 Å². The van der Waals surface area contributed by atoms with E-state index >= 15 is 0 Å². The molecule has 2 nitrogen and oxygen atoms in total. The van der Waals surface area contributed by atoms with Gasteiger partial charge in [0, 0.05) is 43.2 Å². The Labute approximate surface area is 287 Å². The molecule has 0 atom stereocenters. The van der Waals surface area contributed by atoms with Crippen LogP contribution in [0.5, 0.6) is 0 Å². The van der Waals surface area contributed by atoms with E-state index in [1.165, 1.54) is 47.8 Å². The summed E-state index contributed by atoms with van der Waals surface area (Å²) in [6.07, 6.45) is 0. The highest BCUT2D eigenvalue weighted by molar-refractivity contribution is 7.26. The lowest BCUT2D eigenvalue weighted by atomic mass is 9.97. The Balaban J connectivity index is 1.16.